The summed E-state index contributed by atoms with van der Waals surface area (Å²) in [7, 11) is 1.70. The Balaban J connectivity index is 1.36. The first-order valence-electron chi connectivity index (χ1n) is 9.48. The number of piperidine rings is 1. The smallest absolute Gasteiger partial charge is 0.166 e. The second kappa shape index (κ2) is 7.78. The summed E-state index contributed by atoms with van der Waals surface area (Å²) in [4.78, 5) is 15.4. The van der Waals surface area contributed by atoms with E-state index in [0.29, 0.717) is 11.5 Å². The number of benzene rings is 1. The first-order valence-corrected chi connectivity index (χ1v) is 9.48. The zero-order valence-corrected chi connectivity index (χ0v) is 15.6. The number of rotatable bonds is 5. The molecule has 1 fully saturated rings. The van der Waals surface area contributed by atoms with Gasteiger partial charge in [-0.15, -0.1) is 0 Å². The molecule has 1 aliphatic rings. The molecule has 0 aliphatic carbocycles. The number of hydrogen-bond acceptors (Lipinski definition) is 6. The maximum absolute atomic E-state index is 5.78. The van der Waals surface area contributed by atoms with Crippen LogP contribution >= 0.6 is 0 Å². The highest BCUT2D eigenvalue weighted by Crippen LogP contribution is 2.29. The number of nitrogen functional groups attached to an aromatic ring is 1. The SMILES string of the molecule is COc1ccc(CCC2CCN(c3ncnc4nc(N)ccc34)CC2)cc1. The Labute approximate surface area is 159 Å². The fraction of sp³-hybridized carbons (Fsp3) is 0.381. The van der Waals surface area contributed by atoms with Crippen LogP contribution in [0.3, 0.4) is 0 Å². The predicted octanol–water partition coefficient (Wildman–Crippen LogP) is 3.46. The fourth-order valence-corrected chi connectivity index (χ4v) is 3.79. The Kier molecular flexibility index (Phi) is 5.05. The summed E-state index contributed by atoms with van der Waals surface area (Å²) in [5, 5.41) is 0.975. The number of pyridine rings is 1. The average molecular weight is 363 g/mol. The molecule has 2 N–H and O–H groups in total. The minimum absolute atomic E-state index is 0.490. The first kappa shape index (κ1) is 17.5. The Morgan fingerprint density at radius 1 is 1.07 bits per heavy atom. The van der Waals surface area contributed by atoms with Crippen LogP contribution in [0.1, 0.15) is 24.8 Å². The van der Waals surface area contributed by atoms with E-state index in [1.54, 1.807) is 13.4 Å². The quantitative estimate of drug-likeness (QED) is 0.748. The van der Waals surface area contributed by atoms with E-state index >= 15 is 0 Å². The third-order valence-corrected chi connectivity index (χ3v) is 5.41. The minimum atomic E-state index is 0.490. The topological polar surface area (TPSA) is 77.2 Å². The molecule has 1 aromatic carbocycles. The van der Waals surface area contributed by atoms with Crippen LogP contribution in [0, 0.1) is 5.92 Å². The van der Waals surface area contributed by atoms with E-state index in [1.165, 1.54) is 24.8 Å². The summed E-state index contributed by atoms with van der Waals surface area (Å²) in [6.07, 6.45) is 6.30. The van der Waals surface area contributed by atoms with Crippen molar-refractivity contribution in [3.8, 4) is 5.75 Å². The van der Waals surface area contributed by atoms with Gasteiger partial charge in [0.05, 0.1) is 12.5 Å². The van der Waals surface area contributed by atoms with E-state index in [1.807, 2.05) is 24.3 Å². The molecule has 1 aliphatic heterocycles. The van der Waals surface area contributed by atoms with E-state index in [0.717, 1.165) is 42.4 Å². The van der Waals surface area contributed by atoms with E-state index in [-0.39, 0.29) is 0 Å². The molecule has 140 valence electrons. The van der Waals surface area contributed by atoms with Crippen molar-refractivity contribution in [2.45, 2.75) is 25.7 Å². The summed E-state index contributed by atoms with van der Waals surface area (Å²) < 4.78 is 5.23. The fourth-order valence-electron chi connectivity index (χ4n) is 3.79. The van der Waals surface area contributed by atoms with Gasteiger partial charge in [-0.1, -0.05) is 12.1 Å². The van der Waals surface area contributed by atoms with E-state index in [2.05, 4.69) is 32.0 Å². The van der Waals surface area contributed by atoms with Gasteiger partial charge in [0, 0.05) is 13.1 Å². The zero-order valence-electron chi connectivity index (χ0n) is 15.6. The van der Waals surface area contributed by atoms with Gasteiger partial charge in [-0.2, -0.15) is 0 Å². The lowest BCUT2D eigenvalue weighted by atomic mass is 9.90. The number of hydrogen-bond donors (Lipinski definition) is 1. The molecule has 0 spiro atoms. The van der Waals surface area contributed by atoms with Gasteiger partial charge in [0.2, 0.25) is 0 Å². The maximum atomic E-state index is 5.78. The second-order valence-corrected chi connectivity index (χ2v) is 7.12. The Bertz CT molecular complexity index is 904. The molecule has 0 bridgehead atoms. The molecule has 27 heavy (non-hydrogen) atoms. The first-order chi connectivity index (χ1) is 13.2. The predicted molar refractivity (Wildman–Crippen MR) is 108 cm³/mol. The number of aromatic nitrogens is 3. The molecule has 6 nitrogen and oxygen atoms in total. The molecule has 0 unspecified atom stereocenters. The summed E-state index contributed by atoms with van der Waals surface area (Å²) in [6.45, 7) is 2.04. The Morgan fingerprint density at radius 2 is 1.85 bits per heavy atom. The van der Waals surface area contributed by atoms with E-state index in [9.17, 15) is 0 Å². The van der Waals surface area contributed by atoms with Crippen molar-refractivity contribution in [2.24, 2.45) is 5.92 Å². The number of aryl methyl sites for hydroxylation is 1. The van der Waals surface area contributed by atoms with Crippen LogP contribution in [-0.4, -0.2) is 35.2 Å². The van der Waals surface area contributed by atoms with Gasteiger partial charge < -0.3 is 15.4 Å². The van der Waals surface area contributed by atoms with E-state index in [4.69, 9.17) is 10.5 Å². The van der Waals surface area contributed by atoms with Crippen LogP contribution < -0.4 is 15.4 Å². The molecule has 0 radical (unpaired) electrons. The summed E-state index contributed by atoms with van der Waals surface area (Å²) in [5.41, 5.74) is 7.82. The molecule has 1 saturated heterocycles. The number of nitrogens with zero attached hydrogens (tertiary/aromatic N) is 4. The average Bonchev–Trinajstić information content (AvgIpc) is 2.72. The second-order valence-electron chi connectivity index (χ2n) is 7.12. The third-order valence-electron chi connectivity index (χ3n) is 5.41. The van der Waals surface area contributed by atoms with Crippen LogP contribution in [0.4, 0.5) is 11.6 Å². The molecule has 2 aromatic heterocycles. The largest absolute Gasteiger partial charge is 0.497 e. The van der Waals surface area contributed by atoms with Gasteiger partial charge in [0.15, 0.2) is 5.65 Å². The highest BCUT2D eigenvalue weighted by atomic mass is 16.5. The lowest BCUT2D eigenvalue weighted by Crippen LogP contribution is -2.34. The zero-order chi connectivity index (χ0) is 18.6. The number of ether oxygens (including phenoxy) is 1. The molecule has 0 amide bonds. The van der Waals surface area contributed by atoms with Gasteiger partial charge >= 0.3 is 0 Å². The summed E-state index contributed by atoms with van der Waals surface area (Å²) in [5.74, 6) is 3.14. The van der Waals surface area contributed by atoms with Crippen molar-refractivity contribution in [2.75, 3.05) is 30.8 Å². The van der Waals surface area contributed by atoms with Crippen molar-refractivity contribution >= 4 is 22.7 Å². The van der Waals surface area contributed by atoms with Crippen LogP contribution in [0.5, 0.6) is 5.75 Å². The third kappa shape index (κ3) is 3.94. The molecule has 4 rings (SSSR count). The van der Waals surface area contributed by atoms with Gasteiger partial charge in [-0.05, 0) is 61.4 Å². The molecule has 0 atom stereocenters. The van der Waals surface area contributed by atoms with Crippen molar-refractivity contribution < 1.29 is 4.74 Å². The molecular weight excluding hydrogens is 338 g/mol. The van der Waals surface area contributed by atoms with Gasteiger partial charge in [0.25, 0.3) is 0 Å². The lowest BCUT2D eigenvalue weighted by molar-refractivity contribution is 0.381. The summed E-state index contributed by atoms with van der Waals surface area (Å²) >= 11 is 0. The Hall–Kier alpha value is -2.89. The van der Waals surface area contributed by atoms with Crippen LogP contribution in [-0.2, 0) is 6.42 Å². The number of methoxy groups -OCH3 is 1. The molecule has 0 saturated carbocycles. The van der Waals surface area contributed by atoms with Crippen molar-refractivity contribution in [3.63, 3.8) is 0 Å². The molecule has 3 heterocycles. The number of nitrogens with two attached hydrogens (primary N) is 1. The monoisotopic (exact) mass is 363 g/mol. The number of anilines is 2. The highest BCUT2D eigenvalue weighted by molar-refractivity contribution is 5.87. The van der Waals surface area contributed by atoms with Crippen molar-refractivity contribution in [3.05, 3.63) is 48.3 Å². The van der Waals surface area contributed by atoms with Gasteiger partial charge in [-0.25, -0.2) is 15.0 Å². The van der Waals surface area contributed by atoms with Crippen LogP contribution in [0.15, 0.2) is 42.7 Å². The highest BCUT2D eigenvalue weighted by Gasteiger charge is 2.21. The van der Waals surface area contributed by atoms with Gasteiger partial charge in [0.1, 0.15) is 23.7 Å². The lowest BCUT2D eigenvalue weighted by Gasteiger charge is -2.33. The summed E-state index contributed by atoms with van der Waals surface area (Å²) in [6, 6.07) is 12.2. The van der Waals surface area contributed by atoms with Crippen LogP contribution in [0.2, 0.25) is 0 Å². The molecular formula is C21H25N5O. The van der Waals surface area contributed by atoms with Crippen molar-refractivity contribution in [1.82, 2.24) is 15.0 Å². The minimum Gasteiger partial charge on any atom is -0.497 e. The normalized spacial score (nSPS) is 15.2. The van der Waals surface area contributed by atoms with Crippen LogP contribution in [0.25, 0.3) is 11.0 Å². The van der Waals surface area contributed by atoms with Gasteiger partial charge in [-0.3, -0.25) is 0 Å². The Morgan fingerprint density at radius 3 is 2.59 bits per heavy atom. The van der Waals surface area contributed by atoms with Crippen molar-refractivity contribution in [1.29, 1.82) is 0 Å². The molecule has 3 aromatic rings. The maximum Gasteiger partial charge on any atom is 0.166 e. The van der Waals surface area contributed by atoms with E-state index < -0.39 is 0 Å². The standard InChI is InChI=1S/C21H25N5O/c1-27-17-6-4-15(5-7-17)2-3-16-10-12-26(13-11-16)21-18-8-9-19(22)25-20(18)23-14-24-21/h4-9,14,16H,2-3,10-13H2,1H3,(H2,22,23,24,25). The molecule has 6 heteroatoms. The number of fused-ring (bicyclic) bond motifs is 1.